The van der Waals surface area contributed by atoms with Gasteiger partial charge in [0.1, 0.15) is 30.5 Å². The van der Waals surface area contributed by atoms with E-state index in [-0.39, 0.29) is 38.1 Å². The second kappa shape index (κ2) is 12.7. The maximum absolute atomic E-state index is 13.3. The molecular weight excluding hydrogens is 572 g/mol. The summed E-state index contributed by atoms with van der Waals surface area (Å²) < 4.78 is 36.6. The number of epoxide rings is 1. The van der Waals surface area contributed by atoms with Gasteiger partial charge in [-0.25, -0.2) is 9.59 Å². The van der Waals surface area contributed by atoms with Crippen molar-refractivity contribution >= 4 is 17.9 Å². The zero-order valence-corrected chi connectivity index (χ0v) is 26.2. The lowest BCUT2D eigenvalue weighted by atomic mass is 9.51. The second-order valence-electron chi connectivity index (χ2n) is 13.2. The molecule has 2 spiro atoms. The predicted octanol–water partition coefficient (Wildman–Crippen LogP) is 2.72. The predicted molar refractivity (Wildman–Crippen MR) is 156 cm³/mol. The fourth-order valence-corrected chi connectivity index (χ4v) is 7.59. The molecule has 3 heterocycles. The van der Waals surface area contributed by atoms with Crippen molar-refractivity contribution < 1.29 is 53.0 Å². The molecule has 5 rings (SSSR count). The standard InChI is InChI=1S/C33H46O11/c1-6-9-27(35)42-23-16-32-17-40-30(38)29(37)19(2)12-13-39-22(21(4)34)10-7-8-11-28(36)44-24-15-26(43-25(32)14-20(23)3)33(18-41-33)31(24,32)5/h7-8,10-11,14,19,21-26,29,34,37H,6,9,12-13,15-18H2,1-5H3/t19-,21-,22+,23-,24+,25+,26+,29-,31+,32+,33-/m0/s1. The molecule has 0 unspecified atom stereocenters. The van der Waals surface area contributed by atoms with Crippen LogP contribution >= 0.6 is 0 Å². The fourth-order valence-electron chi connectivity index (χ4n) is 7.59. The van der Waals surface area contributed by atoms with Crippen LogP contribution in [0, 0.1) is 16.7 Å². The number of aliphatic hydroxyl groups excluding tert-OH is 2. The molecule has 3 fully saturated rings. The van der Waals surface area contributed by atoms with Gasteiger partial charge in [0.05, 0.1) is 35.7 Å². The quantitative estimate of drug-likeness (QED) is 0.207. The van der Waals surface area contributed by atoms with Crippen molar-refractivity contribution in [2.45, 2.75) is 115 Å². The minimum absolute atomic E-state index is 0.173. The third kappa shape index (κ3) is 5.66. The molecule has 2 N–H and O–H groups in total. The monoisotopic (exact) mass is 618 g/mol. The van der Waals surface area contributed by atoms with Crippen molar-refractivity contribution in [2.24, 2.45) is 16.7 Å². The third-order valence-corrected chi connectivity index (χ3v) is 10.5. The fraction of sp³-hybridized carbons (Fsp3) is 0.727. The number of carbonyl (C=O) groups excluding carboxylic acids is 3. The Morgan fingerprint density at radius 1 is 1.20 bits per heavy atom. The van der Waals surface area contributed by atoms with Crippen LogP contribution in [0.4, 0.5) is 0 Å². The molecule has 11 atom stereocenters. The minimum atomic E-state index is -1.43. The van der Waals surface area contributed by atoms with E-state index in [4.69, 9.17) is 28.4 Å². The first-order chi connectivity index (χ1) is 20.9. The lowest BCUT2D eigenvalue weighted by Crippen LogP contribution is -2.68. The first-order valence-corrected chi connectivity index (χ1v) is 15.8. The van der Waals surface area contributed by atoms with E-state index in [0.717, 1.165) is 5.57 Å². The maximum Gasteiger partial charge on any atom is 0.335 e. The van der Waals surface area contributed by atoms with Gasteiger partial charge in [-0.3, -0.25) is 4.79 Å². The first-order valence-electron chi connectivity index (χ1n) is 15.8. The van der Waals surface area contributed by atoms with E-state index in [0.29, 0.717) is 25.9 Å². The average Bonchev–Trinajstić information content (AvgIpc) is 3.75. The Morgan fingerprint density at radius 3 is 2.64 bits per heavy atom. The van der Waals surface area contributed by atoms with Crippen LogP contribution in [0.1, 0.15) is 66.7 Å². The summed E-state index contributed by atoms with van der Waals surface area (Å²) in [5.74, 6) is -2.19. The van der Waals surface area contributed by atoms with Crippen LogP contribution in [0.5, 0.6) is 0 Å². The van der Waals surface area contributed by atoms with Crippen LogP contribution in [0.25, 0.3) is 0 Å². The highest BCUT2D eigenvalue weighted by Crippen LogP contribution is 2.72. The first kappa shape index (κ1) is 32.8. The summed E-state index contributed by atoms with van der Waals surface area (Å²) in [5, 5.41) is 21.1. The van der Waals surface area contributed by atoms with Crippen LogP contribution in [0.15, 0.2) is 36.0 Å². The van der Waals surface area contributed by atoms with Crippen molar-refractivity contribution in [3.8, 4) is 0 Å². The lowest BCUT2D eigenvalue weighted by molar-refractivity contribution is -0.242. The summed E-state index contributed by atoms with van der Waals surface area (Å²) in [5.41, 5.74) is -1.86. The summed E-state index contributed by atoms with van der Waals surface area (Å²) in [6, 6.07) is 0. The molecule has 0 aromatic carbocycles. The summed E-state index contributed by atoms with van der Waals surface area (Å²) in [7, 11) is 0. The molecule has 2 aliphatic carbocycles. The largest absolute Gasteiger partial charge is 0.463 e. The molecule has 3 aliphatic heterocycles. The topological polar surface area (TPSA) is 150 Å². The number of rotatable bonds is 4. The molecule has 1 saturated carbocycles. The molecule has 2 saturated heterocycles. The van der Waals surface area contributed by atoms with Gasteiger partial charge in [0.25, 0.3) is 0 Å². The van der Waals surface area contributed by atoms with Crippen LogP contribution in [-0.2, 0) is 42.8 Å². The van der Waals surface area contributed by atoms with E-state index in [9.17, 15) is 24.6 Å². The molecule has 244 valence electrons. The number of cyclic esters (lactones) is 1. The highest BCUT2D eigenvalue weighted by Gasteiger charge is 2.83. The minimum Gasteiger partial charge on any atom is -0.463 e. The molecule has 11 heteroatoms. The SMILES string of the molecule is CCCC(=O)O[C@H]1C[C@@]23COC(=O)[C@@H](O)[C@@H](C)CCO[C@@H]([C@H](C)O)C=CC=CC(=O)O[C@@H]4C[C@@H](O[C@@H]2C=C1C)[C@@]1(CO1)[C@]43C. The van der Waals surface area contributed by atoms with Crippen molar-refractivity contribution in [2.75, 3.05) is 19.8 Å². The number of esters is 3. The highest BCUT2D eigenvalue weighted by atomic mass is 16.6. The van der Waals surface area contributed by atoms with E-state index in [1.807, 2.05) is 26.8 Å². The Bertz CT molecular complexity index is 1200. The third-order valence-electron chi connectivity index (χ3n) is 10.5. The Hall–Kier alpha value is -2.57. The van der Waals surface area contributed by atoms with Crippen LogP contribution in [0.2, 0.25) is 0 Å². The normalized spacial score (nSPS) is 43.2. The number of carbonyl (C=O) groups is 3. The van der Waals surface area contributed by atoms with Gasteiger partial charge in [0.2, 0.25) is 0 Å². The molecule has 0 aromatic heterocycles. The van der Waals surface area contributed by atoms with Gasteiger partial charge in [-0.05, 0) is 38.2 Å². The Kier molecular flexibility index (Phi) is 9.45. The van der Waals surface area contributed by atoms with Crippen LogP contribution < -0.4 is 0 Å². The van der Waals surface area contributed by atoms with Crippen LogP contribution in [-0.4, -0.2) is 96.3 Å². The molecule has 0 aromatic rings. The summed E-state index contributed by atoms with van der Waals surface area (Å²) in [6.45, 7) is 9.49. The average molecular weight is 619 g/mol. The van der Waals surface area contributed by atoms with Gasteiger partial charge in [-0.15, -0.1) is 0 Å². The lowest BCUT2D eigenvalue weighted by Gasteiger charge is -2.59. The zero-order valence-electron chi connectivity index (χ0n) is 26.2. The number of aliphatic hydroxyl groups is 2. The molecule has 44 heavy (non-hydrogen) atoms. The number of hydrogen-bond donors (Lipinski definition) is 2. The van der Waals surface area contributed by atoms with Gasteiger partial charge in [0.15, 0.2) is 6.10 Å². The summed E-state index contributed by atoms with van der Waals surface area (Å²) >= 11 is 0. The zero-order chi connectivity index (χ0) is 31.9. The summed E-state index contributed by atoms with van der Waals surface area (Å²) in [4.78, 5) is 39.2. The molecule has 2 bridgehead atoms. The molecule has 5 aliphatic rings. The van der Waals surface area contributed by atoms with Crippen molar-refractivity contribution in [1.82, 2.24) is 0 Å². The van der Waals surface area contributed by atoms with E-state index in [1.54, 1.807) is 26.0 Å². The molecule has 0 radical (unpaired) electrons. The highest BCUT2D eigenvalue weighted by molar-refractivity contribution is 5.82. The summed E-state index contributed by atoms with van der Waals surface area (Å²) in [6.07, 6.45) is 4.81. The van der Waals surface area contributed by atoms with Gasteiger partial charge < -0.3 is 38.6 Å². The Morgan fingerprint density at radius 2 is 1.95 bits per heavy atom. The van der Waals surface area contributed by atoms with Gasteiger partial charge in [-0.2, -0.15) is 0 Å². The Balaban J connectivity index is 1.54. The van der Waals surface area contributed by atoms with Gasteiger partial charge in [-0.1, -0.05) is 45.1 Å². The van der Waals surface area contributed by atoms with E-state index >= 15 is 0 Å². The number of hydrogen-bond acceptors (Lipinski definition) is 11. The Labute approximate surface area is 258 Å². The van der Waals surface area contributed by atoms with E-state index < -0.39 is 70.9 Å². The molecular formula is C33H46O11. The van der Waals surface area contributed by atoms with Crippen molar-refractivity contribution in [3.05, 3.63) is 36.0 Å². The van der Waals surface area contributed by atoms with Crippen molar-refractivity contribution in [1.29, 1.82) is 0 Å². The van der Waals surface area contributed by atoms with Crippen LogP contribution in [0.3, 0.4) is 0 Å². The maximum atomic E-state index is 13.3. The van der Waals surface area contributed by atoms with Gasteiger partial charge >= 0.3 is 17.9 Å². The van der Waals surface area contributed by atoms with Gasteiger partial charge in [0, 0.05) is 31.9 Å². The smallest absolute Gasteiger partial charge is 0.335 e. The van der Waals surface area contributed by atoms with Crippen molar-refractivity contribution in [3.63, 3.8) is 0 Å². The second-order valence-corrected chi connectivity index (χ2v) is 13.2. The molecule has 11 nitrogen and oxygen atoms in total. The number of allylic oxidation sites excluding steroid dienone is 2. The van der Waals surface area contributed by atoms with E-state index in [1.165, 1.54) is 12.2 Å². The number of ether oxygens (including phenoxy) is 6. The van der Waals surface area contributed by atoms with E-state index in [2.05, 4.69) is 0 Å². The molecule has 0 amide bonds.